The Kier molecular flexibility index (Phi) is 4.91. The van der Waals surface area contributed by atoms with Gasteiger partial charge in [-0.3, -0.25) is 0 Å². The zero-order valence-electron chi connectivity index (χ0n) is 13.6. The summed E-state index contributed by atoms with van der Waals surface area (Å²) < 4.78 is 4.74. The fraction of sp³-hybridized carbons (Fsp3) is 0.158. The number of anilines is 2. The monoisotopic (exact) mass is 338 g/mol. The van der Waals surface area contributed by atoms with Crippen LogP contribution in [-0.2, 0) is 11.2 Å². The minimum Gasteiger partial charge on any atom is -0.465 e. The standard InChI is InChI=1S/C19H18N2O2S/c1-3-13-7-9-14(10-8-13)17-12-24-19(21-17)20-16-6-4-5-15(11-16)18(22)23-2/h4-12H,3H2,1-2H3,(H,20,21). The van der Waals surface area contributed by atoms with Crippen molar-refractivity contribution in [2.24, 2.45) is 0 Å². The van der Waals surface area contributed by atoms with Crippen molar-refractivity contribution in [2.75, 3.05) is 12.4 Å². The Bertz CT molecular complexity index is 841. The average molecular weight is 338 g/mol. The van der Waals surface area contributed by atoms with Gasteiger partial charge in [-0.25, -0.2) is 9.78 Å². The van der Waals surface area contributed by atoms with E-state index < -0.39 is 0 Å². The minimum absolute atomic E-state index is 0.352. The molecule has 0 spiro atoms. The molecule has 1 N–H and O–H groups in total. The van der Waals surface area contributed by atoms with Gasteiger partial charge in [0, 0.05) is 16.6 Å². The number of aromatic nitrogens is 1. The number of benzene rings is 2. The zero-order chi connectivity index (χ0) is 16.9. The molecule has 2 aromatic carbocycles. The molecule has 1 heterocycles. The van der Waals surface area contributed by atoms with Crippen LogP contribution in [0.4, 0.5) is 10.8 Å². The highest BCUT2D eigenvalue weighted by Gasteiger charge is 2.08. The van der Waals surface area contributed by atoms with Crippen LogP contribution in [0.25, 0.3) is 11.3 Å². The maximum Gasteiger partial charge on any atom is 0.337 e. The van der Waals surface area contributed by atoms with Crippen molar-refractivity contribution in [1.82, 2.24) is 4.98 Å². The Hall–Kier alpha value is -2.66. The second-order valence-electron chi connectivity index (χ2n) is 5.29. The van der Waals surface area contributed by atoms with E-state index in [9.17, 15) is 4.79 Å². The predicted molar refractivity (Wildman–Crippen MR) is 98.0 cm³/mol. The number of aryl methyl sites for hydroxylation is 1. The van der Waals surface area contributed by atoms with Crippen molar-refractivity contribution in [3.8, 4) is 11.3 Å². The van der Waals surface area contributed by atoms with Crippen molar-refractivity contribution < 1.29 is 9.53 Å². The van der Waals surface area contributed by atoms with Crippen LogP contribution in [-0.4, -0.2) is 18.1 Å². The highest BCUT2D eigenvalue weighted by atomic mass is 32.1. The Labute approximate surface area is 145 Å². The van der Waals surface area contributed by atoms with Gasteiger partial charge >= 0.3 is 5.97 Å². The Morgan fingerprint density at radius 3 is 2.71 bits per heavy atom. The summed E-state index contributed by atoms with van der Waals surface area (Å²) in [5.74, 6) is -0.352. The summed E-state index contributed by atoms with van der Waals surface area (Å²) in [6, 6.07) is 15.6. The van der Waals surface area contributed by atoms with Gasteiger partial charge in [0.1, 0.15) is 0 Å². The highest BCUT2D eigenvalue weighted by Crippen LogP contribution is 2.27. The summed E-state index contributed by atoms with van der Waals surface area (Å²) in [6.07, 6.45) is 1.03. The van der Waals surface area contributed by atoms with E-state index in [0.717, 1.165) is 28.5 Å². The summed E-state index contributed by atoms with van der Waals surface area (Å²) in [4.78, 5) is 16.2. The highest BCUT2D eigenvalue weighted by molar-refractivity contribution is 7.14. The SMILES string of the molecule is CCc1ccc(-c2csc(Nc3cccc(C(=O)OC)c3)n2)cc1. The van der Waals surface area contributed by atoms with Gasteiger partial charge in [-0.05, 0) is 30.2 Å². The van der Waals surface area contributed by atoms with E-state index in [1.54, 1.807) is 12.1 Å². The molecule has 0 unspecified atom stereocenters. The minimum atomic E-state index is -0.352. The summed E-state index contributed by atoms with van der Waals surface area (Å²) >= 11 is 1.53. The first kappa shape index (κ1) is 16.2. The van der Waals surface area contributed by atoms with E-state index in [0.29, 0.717) is 5.56 Å². The molecule has 0 amide bonds. The molecule has 24 heavy (non-hydrogen) atoms. The first-order chi connectivity index (χ1) is 11.7. The number of nitrogens with zero attached hydrogens (tertiary/aromatic N) is 1. The van der Waals surface area contributed by atoms with Crippen LogP contribution < -0.4 is 5.32 Å². The molecular weight excluding hydrogens is 320 g/mol. The fourth-order valence-corrected chi connectivity index (χ4v) is 3.08. The van der Waals surface area contributed by atoms with Crippen LogP contribution in [0.15, 0.2) is 53.9 Å². The number of esters is 1. The zero-order valence-corrected chi connectivity index (χ0v) is 14.4. The number of rotatable bonds is 5. The lowest BCUT2D eigenvalue weighted by atomic mass is 10.1. The van der Waals surface area contributed by atoms with Crippen molar-refractivity contribution in [3.63, 3.8) is 0 Å². The fourth-order valence-electron chi connectivity index (χ4n) is 2.34. The van der Waals surface area contributed by atoms with Gasteiger partial charge in [0.2, 0.25) is 0 Å². The number of nitrogens with one attached hydrogen (secondary N) is 1. The van der Waals surface area contributed by atoms with Gasteiger partial charge in [-0.2, -0.15) is 0 Å². The third-order valence-corrected chi connectivity index (χ3v) is 4.45. The van der Waals surface area contributed by atoms with Crippen LogP contribution in [0, 0.1) is 0 Å². The molecule has 0 aliphatic carbocycles. The quantitative estimate of drug-likeness (QED) is 0.672. The third kappa shape index (κ3) is 3.63. The summed E-state index contributed by atoms with van der Waals surface area (Å²) in [7, 11) is 1.37. The Morgan fingerprint density at radius 2 is 2.00 bits per heavy atom. The Morgan fingerprint density at radius 1 is 1.21 bits per heavy atom. The molecule has 0 fully saturated rings. The van der Waals surface area contributed by atoms with Crippen LogP contribution in [0.1, 0.15) is 22.8 Å². The molecule has 4 nitrogen and oxygen atoms in total. The van der Waals surface area contributed by atoms with E-state index in [1.807, 2.05) is 17.5 Å². The maximum absolute atomic E-state index is 11.6. The molecule has 3 aromatic rings. The molecule has 0 saturated carbocycles. The van der Waals surface area contributed by atoms with Gasteiger partial charge in [-0.1, -0.05) is 37.3 Å². The van der Waals surface area contributed by atoms with E-state index >= 15 is 0 Å². The molecule has 0 aliphatic heterocycles. The number of carbonyl (C=O) groups excluding carboxylic acids is 1. The first-order valence-electron chi connectivity index (χ1n) is 7.70. The first-order valence-corrected chi connectivity index (χ1v) is 8.58. The average Bonchev–Trinajstić information content (AvgIpc) is 3.09. The van der Waals surface area contributed by atoms with Crippen molar-refractivity contribution >= 4 is 28.1 Å². The van der Waals surface area contributed by atoms with Gasteiger partial charge in [0.05, 0.1) is 18.4 Å². The van der Waals surface area contributed by atoms with Gasteiger partial charge in [0.15, 0.2) is 5.13 Å². The van der Waals surface area contributed by atoms with Gasteiger partial charge in [0.25, 0.3) is 0 Å². The summed E-state index contributed by atoms with van der Waals surface area (Å²) in [5.41, 5.74) is 4.66. The normalized spacial score (nSPS) is 10.4. The molecule has 122 valence electrons. The number of methoxy groups -OCH3 is 1. The molecule has 0 radical (unpaired) electrons. The number of hydrogen-bond donors (Lipinski definition) is 1. The molecule has 3 rings (SSSR count). The lowest BCUT2D eigenvalue weighted by Crippen LogP contribution is -2.01. The molecular formula is C19H18N2O2S. The molecule has 0 aliphatic rings. The molecule has 5 heteroatoms. The summed E-state index contributed by atoms with van der Waals surface area (Å²) in [5, 5.41) is 6.04. The molecule has 0 bridgehead atoms. The lowest BCUT2D eigenvalue weighted by Gasteiger charge is -2.05. The Balaban J connectivity index is 1.77. The van der Waals surface area contributed by atoms with Crippen LogP contribution in [0.3, 0.4) is 0 Å². The predicted octanol–water partition coefficient (Wildman–Crippen LogP) is 4.90. The number of ether oxygens (including phenoxy) is 1. The maximum atomic E-state index is 11.6. The van der Waals surface area contributed by atoms with Gasteiger partial charge in [-0.15, -0.1) is 11.3 Å². The smallest absolute Gasteiger partial charge is 0.337 e. The second-order valence-corrected chi connectivity index (χ2v) is 6.14. The van der Waals surface area contributed by atoms with E-state index in [4.69, 9.17) is 4.74 Å². The topological polar surface area (TPSA) is 51.2 Å². The molecule has 1 aromatic heterocycles. The van der Waals surface area contributed by atoms with E-state index in [1.165, 1.54) is 24.0 Å². The number of hydrogen-bond acceptors (Lipinski definition) is 5. The van der Waals surface area contributed by atoms with Crippen molar-refractivity contribution in [3.05, 3.63) is 65.0 Å². The van der Waals surface area contributed by atoms with Gasteiger partial charge < -0.3 is 10.1 Å². The molecule has 0 saturated heterocycles. The number of carbonyl (C=O) groups is 1. The number of thiazole rings is 1. The summed E-state index contributed by atoms with van der Waals surface area (Å²) in [6.45, 7) is 2.14. The molecule has 0 atom stereocenters. The van der Waals surface area contributed by atoms with Crippen molar-refractivity contribution in [1.29, 1.82) is 0 Å². The van der Waals surface area contributed by atoms with E-state index in [2.05, 4.69) is 41.5 Å². The van der Waals surface area contributed by atoms with Crippen LogP contribution in [0.2, 0.25) is 0 Å². The van der Waals surface area contributed by atoms with Crippen LogP contribution >= 0.6 is 11.3 Å². The third-order valence-electron chi connectivity index (χ3n) is 3.70. The second kappa shape index (κ2) is 7.27. The van der Waals surface area contributed by atoms with Crippen LogP contribution in [0.5, 0.6) is 0 Å². The largest absolute Gasteiger partial charge is 0.465 e. The van der Waals surface area contributed by atoms with Crippen molar-refractivity contribution in [2.45, 2.75) is 13.3 Å². The lowest BCUT2D eigenvalue weighted by molar-refractivity contribution is 0.0601. The van der Waals surface area contributed by atoms with E-state index in [-0.39, 0.29) is 5.97 Å².